The Morgan fingerprint density at radius 2 is 1.58 bits per heavy atom. The number of phenolic OH excluding ortho intramolecular Hbond substituents is 2. The van der Waals surface area contributed by atoms with Crippen molar-refractivity contribution in [3.05, 3.63) is 28.8 Å². The largest absolute Gasteiger partial charge is 0.507 e. The van der Waals surface area contributed by atoms with Crippen molar-refractivity contribution in [3.8, 4) is 17.2 Å². The molecule has 0 fully saturated rings. The van der Waals surface area contributed by atoms with Crippen LogP contribution in [0.25, 0.3) is 10.8 Å². The number of hydrogen-bond acceptors (Lipinski definition) is 7. The molecule has 3 rings (SSSR count). The summed E-state index contributed by atoms with van der Waals surface area (Å²) in [5, 5.41) is 32.0. The highest BCUT2D eigenvalue weighted by Gasteiger charge is 2.56. The van der Waals surface area contributed by atoms with Gasteiger partial charge in [0.1, 0.15) is 23.0 Å². The predicted molar refractivity (Wildman–Crippen MR) is 92.0 cm³/mol. The van der Waals surface area contributed by atoms with Crippen LogP contribution in [0.1, 0.15) is 40.1 Å². The number of carbonyl (C=O) groups excluding carboxylic acids is 3. The number of carbonyl (C=O) groups is 3. The number of ether oxygens (including phenoxy) is 1. The molecule has 26 heavy (non-hydrogen) atoms. The molecule has 0 spiro atoms. The molecule has 0 saturated carbocycles. The number of rotatable bonds is 3. The van der Waals surface area contributed by atoms with Crippen LogP contribution in [0, 0.1) is 12.8 Å². The second-order valence-electron chi connectivity index (χ2n) is 6.57. The highest BCUT2D eigenvalue weighted by Crippen LogP contribution is 2.48. The molecule has 1 aliphatic carbocycles. The summed E-state index contributed by atoms with van der Waals surface area (Å²) >= 11 is 0. The first kappa shape index (κ1) is 17.9. The van der Waals surface area contributed by atoms with Gasteiger partial charge >= 0.3 is 0 Å². The van der Waals surface area contributed by atoms with E-state index in [1.54, 1.807) is 6.92 Å². The van der Waals surface area contributed by atoms with E-state index in [1.807, 2.05) is 0 Å². The molecule has 0 heterocycles. The van der Waals surface area contributed by atoms with Crippen LogP contribution in [-0.2, 0) is 4.79 Å². The first-order chi connectivity index (χ1) is 12.1. The molecule has 0 saturated heterocycles. The predicted octanol–water partition coefficient (Wildman–Crippen LogP) is 1.90. The molecule has 2 aromatic carbocycles. The minimum atomic E-state index is -2.70. The summed E-state index contributed by atoms with van der Waals surface area (Å²) in [4.78, 5) is 37.8. The second kappa shape index (κ2) is 5.54. The number of Topliss-reactive ketones (excluding diaryl/α,β-unsaturated/α-hetero) is 3. The molecule has 0 radical (unpaired) electrons. The molecule has 3 N–H and O–H groups in total. The zero-order valence-corrected chi connectivity index (χ0v) is 14.7. The van der Waals surface area contributed by atoms with Crippen molar-refractivity contribution in [2.24, 2.45) is 5.92 Å². The van der Waals surface area contributed by atoms with Crippen molar-refractivity contribution in [3.63, 3.8) is 0 Å². The smallest absolute Gasteiger partial charge is 0.207 e. The lowest BCUT2D eigenvalue weighted by Crippen LogP contribution is -2.55. The number of aromatic hydroxyl groups is 2. The fraction of sp³-hybridized carbons (Fsp3) is 0.316. The van der Waals surface area contributed by atoms with Gasteiger partial charge in [-0.15, -0.1) is 0 Å². The van der Waals surface area contributed by atoms with Gasteiger partial charge in [-0.25, -0.2) is 0 Å². The molecular weight excluding hydrogens is 340 g/mol. The molecule has 136 valence electrons. The van der Waals surface area contributed by atoms with Crippen LogP contribution in [0.3, 0.4) is 0 Å². The van der Waals surface area contributed by atoms with Crippen molar-refractivity contribution in [1.82, 2.24) is 0 Å². The number of aliphatic hydroxyl groups is 1. The molecule has 0 bridgehead atoms. The highest BCUT2D eigenvalue weighted by atomic mass is 16.5. The average molecular weight is 358 g/mol. The van der Waals surface area contributed by atoms with E-state index < -0.39 is 40.4 Å². The maximum absolute atomic E-state index is 13.0. The van der Waals surface area contributed by atoms with Gasteiger partial charge in [0.25, 0.3) is 0 Å². The van der Waals surface area contributed by atoms with Gasteiger partial charge in [-0.1, -0.05) is 6.92 Å². The zero-order valence-electron chi connectivity index (χ0n) is 14.7. The summed E-state index contributed by atoms with van der Waals surface area (Å²) in [6.07, 6.45) is 0. The average Bonchev–Trinajstić information content (AvgIpc) is 2.57. The van der Waals surface area contributed by atoms with Crippen LogP contribution in [-0.4, -0.2) is 45.4 Å². The number of ketones is 3. The summed E-state index contributed by atoms with van der Waals surface area (Å²) in [5.74, 6) is -4.82. The lowest BCUT2D eigenvalue weighted by atomic mass is 9.69. The molecule has 1 aliphatic rings. The molecule has 2 unspecified atom stereocenters. The topological polar surface area (TPSA) is 121 Å². The monoisotopic (exact) mass is 358 g/mol. The summed E-state index contributed by atoms with van der Waals surface area (Å²) in [6.45, 7) is 4.06. The van der Waals surface area contributed by atoms with Crippen molar-refractivity contribution in [2.45, 2.75) is 26.4 Å². The van der Waals surface area contributed by atoms with Crippen LogP contribution >= 0.6 is 0 Å². The number of phenols is 2. The van der Waals surface area contributed by atoms with E-state index in [9.17, 15) is 29.7 Å². The lowest BCUT2D eigenvalue weighted by Gasteiger charge is -2.35. The molecular formula is C19H18O7. The Bertz CT molecular complexity index is 981. The van der Waals surface area contributed by atoms with Gasteiger partial charge in [-0.2, -0.15) is 0 Å². The normalized spacial score (nSPS) is 20.3. The van der Waals surface area contributed by atoms with Gasteiger partial charge < -0.3 is 20.1 Å². The van der Waals surface area contributed by atoms with Crippen molar-refractivity contribution >= 4 is 28.1 Å². The Hall–Kier alpha value is -2.93. The number of hydrogen-bond donors (Lipinski definition) is 3. The molecule has 2 aromatic rings. The third-order valence-electron chi connectivity index (χ3n) is 5.13. The van der Waals surface area contributed by atoms with Gasteiger partial charge in [0, 0.05) is 16.8 Å². The van der Waals surface area contributed by atoms with E-state index in [2.05, 4.69) is 0 Å². The van der Waals surface area contributed by atoms with Gasteiger partial charge in [0.2, 0.25) is 11.6 Å². The Kier molecular flexibility index (Phi) is 3.81. The molecule has 7 nitrogen and oxygen atoms in total. The molecule has 7 heteroatoms. The Morgan fingerprint density at radius 3 is 2.04 bits per heavy atom. The Labute approximate surface area is 148 Å². The molecule has 0 amide bonds. The number of methoxy groups -OCH3 is 1. The van der Waals surface area contributed by atoms with Crippen LogP contribution in [0.4, 0.5) is 0 Å². The van der Waals surface area contributed by atoms with Gasteiger partial charge in [0.15, 0.2) is 5.60 Å². The Morgan fingerprint density at radius 1 is 1.08 bits per heavy atom. The fourth-order valence-electron chi connectivity index (χ4n) is 3.56. The fourth-order valence-corrected chi connectivity index (χ4v) is 3.56. The van der Waals surface area contributed by atoms with Crippen LogP contribution < -0.4 is 4.74 Å². The van der Waals surface area contributed by atoms with Crippen molar-refractivity contribution < 1.29 is 34.4 Å². The summed E-state index contributed by atoms with van der Waals surface area (Å²) in [5.41, 5.74) is -2.81. The van der Waals surface area contributed by atoms with E-state index in [1.165, 1.54) is 26.2 Å². The van der Waals surface area contributed by atoms with Crippen LogP contribution in [0.2, 0.25) is 0 Å². The van der Waals surface area contributed by atoms with Gasteiger partial charge in [-0.05, 0) is 25.5 Å². The van der Waals surface area contributed by atoms with Gasteiger partial charge in [0.05, 0.1) is 24.2 Å². The van der Waals surface area contributed by atoms with E-state index in [0.29, 0.717) is 10.9 Å². The number of benzene rings is 2. The SMILES string of the molecule is COc1cc(O)c2c3c(c(O)cc(C)c13)C(=O)C(O)(C(C)C(C)=O)C2=O. The third kappa shape index (κ3) is 2.00. The Balaban J connectivity index is 2.55. The lowest BCUT2D eigenvalue weighted by molar-refractivity contribution is -0.125. The van der Waals surface area contributed by atoms with E-state index in [0.717, 1.165) is 6.92 Å². The first-order valence-corrected chi connectivity index (χ1v) is 7.95. The van der Waals surface area contributed by atoms with Gasteiger partial charge in [-0.3, -0.25) is 14.4 Å². The van der Waals surface area contributed by atoms with Crippen LogP contribution in [0.5, 0.6) is 17.2 Å². The molecule has 2 atom stereocenters. The summed E-state index contributed by atoms with van der Waals surface area (Å²) in [6, 6.07) is 2.52. The van der Waals surface area contributed by atoms with Crippen molar-refractivity contribution in [1.29, 1.82) is 0 Å². The van der Waals surface area contributed by atoms with E-state index in [4.69, 9.17) is 4.74 Å². The standard InChI is InChI=1S/C19H18O7/c1-7-5-10(21)14-16-13(7)12(26-4)6-11(22)15(16)18(24)19(25,17(14)23)8(2)9(3)20/h5-6,8,21-22,25H,1-4H3. The van der Waals surface area contributed by atoms with Crippen molar-refractivity contribution in [2.75, 3.05) is 7.11 Å². The van der Waals surface area contributed by atoms with E-state index >= 15 is 0 Å². The molecule has 0 aromatic heterocycles. The minimum Gasteiger partial charge on any atom is -0.507 e. The highest BCUT2D eigenvalue weighted by molar-refractivity contribution is 6.37. The maximum atomic E-state index is 13.0. The third-order valence-corrected chi connectivity index (χ3v) is 5.13. The second-order valence-corrected chi connectivity index (χ2v) is 6.57. The minimum absolute atomic E-state index is 0.00905. The summed E-state index contributed by atoms with van der Waals surface area (Å²) in [7, 11) is 1.36. The molecule has 0 aliphatic heterocycles. The maximum Gasteiger partial charge on any atom is 0.207 e. The van der Waals surface area contributed by atoms with E-state index in [-0.39, 0.29) is 22.3 Å². The summed E-state index contributed by atoms with van der Waals surface area (Å²) < 4.78 is 5.23. The van der Waals surface area contributed by atoms with Crippen LogP contribution in [0.15, 0.2) is 12.1 Å². The quantitative estimate of drug-likeness (QED) is 0.717. The number of aryl methyl sites for hydroxylation is 1. The first-order valence-electron chi connectivity index (χ1n) is 7.95. The zero-order chi connectivity index (χ0) is 19.5.